The third-order valence-corrected chi connectivity index (χ3v) is 5.56. The summed E-state index contributed by atoms with van der Waals surface area (Å²) in [6, 6.07) is 2.64. The Labute approximate surface area is 133 Å². The van der Waals surface area contributed by atoms with E-state index in [-0.39, 0.29) is 0 Å². The highest BCUT2D eigenvalue weighted by Gasteiger charge is 2.23. The summed E-state index contributed by atoms with van der Waals surface area (Å²) in [5.74, 6) is 1.01. The summed E-state index contributed by atoms with van der Waals surface area (Å²) >= 11 is 1.75. The Balaban J connectivity index is 1.85. The van der Waals surface area contributed by atoms with Crippen LogP contribution in [0.25, 0.3) is 20.4 Å². The molecule has 0 bridgehead atoms. The predicted molar refractivity (Wildman–Crippen MR) is 92.9 cm³/mol. The zero-order chi connectivity index (χ0) is 15.4. The molecule has 4 rings (SSSR count). The first kappa shape index (κ1) is 14.0. The summed E-state index contributed by atoms with van der Waals surface area (Å²) in [7, 11) is 4.20. The van der Waals surface area contributed by atoms with E-state index < -0.39 is 0 Å². The van der Waals surface area contributed by atoms with Gasteiger partial charge in [-0.1, -0.05) is 0 Å². The lowest BCUT2D eigenvalue weighted by molar-refractivity contribution is 0.414. The fraction of sp³-hybridized carbons (Fsp3) is 0.500. The summed E-state index contributed by atoms with van der Waals surface area (Å²) in [6.45, 7) is 6.46. The Bertz CT molecular complexity index is 863. The topological polar surface area (TPSA) is 46.0 Å². The average Bonchev–Trinajstić information content (AvgIpc) is 3.08. The van der Waals surface area contributed by atoms with Crippen LogP contribution in [0, 0.1) is 13.8 Å². The number of aryl methyl sites for hydroxylation is 3. The number of hydrogen-bond acceptors (Lipinski definition) is 5. The van der Waals surface area contributed by atoms with Crippen molar-refractivity contribution < 1.29 is 0 Å². The molecule has 1 saturated heterocycles. The highest BCUT2D eigenvalue weighted by Crippen LogP contribution is 2.39. The van der Waals surface area contributed by atoms with Gasteiger partial charge in [0, 0.05) is 30.7 Å². The van der Waals surface area contributed by atoms with Crippen LogP contribution >= 0.6 is 11.3 Å². The first-order valence-electron chi connectivity index (χ1n) is 7.71. The summed E-state index contributed by atoms with van der Waals surface area (Å²) in [5.41, 5.74) is 3.57. The van der Waals surface area contributed by atoms with Gasteiger partial charge >= 0.3 is 0 Å². The molecule has 0 aromatic carbocycles. The van der Waals surface area contributed by atoms with Crippen LogP contribution in [-0.4, -0.2) is 45.8 Å². The third kappa shape index (κ3) is 2.09. The lowest BCUT2D eigenvalue weighted by Crippen LogP contribution is -2.23. The van der Waals surface area contributed by atoms with Gasteiger partial charge in [-0.3, -0.25) is 4.68 Å². The van der Waals surface area contributed by atoms with E-state index in [1.165, 1.54) is 27.6 Å². The van der Waals surface area contributed by atoms with Gasteiger partial charge in [0.1, 0.15) is 4.83 Å². The van der Waals surface area contributed by atoms with Crippen molar-refractivity contribution in [2.45, 2.75) is 26.3 Å². The fourth-order valence-electron chi connectivity index (χ4n) is 3.48. The quantitative estimate of drug-likeness (QED) is 0.790. The van der Waals surface area contributed by atoms with Crippen LogP contribution in [0.5, 0.6) is 0 Å². The molecule has 1 aliphatic rings. The minimum atomic E-state index is 0.490. The van der Waals surface area contributed by atoms with Crippen LogP contribution in [0.3, 0.4) is 0 Å². The monoisotopic (exact) mass is 315 g/mol. The van der Waals surface area contributed by atoms with Gasteiger partial charge in [0.15, 0.2) is 5.82 Å². The van der Waals surface area contributed by atoms with Crippen molar-refractivity contribution >= 4 is 37.6 Å². The summed E-state index contributed by atoms with van der Waals surface area (Å²) in [4.78, 5) is 8.19. The molecule has 1 atom stereocenters. The van der Waals surface area contributed by atoms with E-state index in [9.17, 15) is 0 Å². The molecule has 0 saturated carbocycles. The molecule has 22 heavy (non-hydrogen) atoms. The normalized spacial score (nSPS) is 19.5. The van der Waals surface area contributed by atoms with Crippen molar-refractivity contribution in [1.29, 1.82) is 0 Å². The third-order valence-electron chi connectivity index (χ3n) is 4.48. The molecule has 116 valence electrons. The van der Waals surface area contributed by atoms with Crippen LogP contribution in [0.4, 0.5) is 5.82 Å². The van der Waals surface area contributed by atoms with E-state index >= 15 is 0 Å². The largest absolute Gasteiger partial charge is 0.363 e. The fourth-order valence-corrected chi connectivity index (χ4v) is 4.75. The number of hydrogen-bond donors (Lipinski definition) is 1. The standard InChI is InChI=1S/C16H21N5S/c1-9-7-10(2)17-16-12(9)13-14(22-16)15(19-21(13)4)18-11-5-6-20(3)8-11/h7,11H,5-6,8H2,1-4H3,(H,18,19). The van der Waals surface area contributed by atoms with Crippen LogP contribution in [0.2, 0.25) is 0 Å². The molecule has 1 aliphatic heterocycles. The summed E-state index contributed by atoms with van der Waals surface area (Å²) < 4.78 is 3.23. The van der Waals surface area contributed by atoms with Crippen LogP contribution in [0.1, 0.15) is 17.7 Å². The molecule has 3 aromatic heterocycles. The number of thiophene rings is 1. The second-order valence-corrected chi connectivity index (χ2v) is 7.40. The number of likely N-dealkylation sites (N-methyl/N-ethyl adjacent to an activating group) is 1. The number of nitrogens with zero attached hydrogens (tertiary/aromatic N) is 4. The molecule has 5 nitrogen and oxygen atoms in total. The molecular formula is C16H21N5S. The summed E-state index contributed by atoms with van der Waals surface area (Å²) in [6.07, 6.45) is 1.18. The molecular weight excluding hydrogens is 294 g/mol. The number of pyridine rings is 1. The molecule has 1 fully saturated rings. The van der Waals surface area contributed by atoms with Gasteiger partial charge in [-0.2, -0.15) is 5.10 Å². The van der Waals surface area contributed by atoms with Crippen LogP contribution in [0.15, 0.2) is 6.07 Å². The average molecular weight is 315 g/mol. The maximum absolute atomic E-state index is 4.72. The maximum atomic E-state index is 4.72. The van der Waals surface area contributed by atoms with Gasteiger partial charge < -0.3 is 10.2 Å². The van der Waals surface area contributed by atoms with Crippen LogP contribution < -0.4 is 5.32 Å². The van der Waals surface area contributed by atoms with E-state index in [1.807, 2.05) is 11.7 Å². The molecule has 3 aromatic rings. The Morgan fingerprint density at radius 3 is 2.86 bits per heavy atom. The highest BCUT2D eigenvalue weighted by atomic mass is 32.1. The molecule has 1 N–H and O–H groups in total. The van der Waals surface area contributed by atoms with Gasteiger partial charge in [-0.15, -0.1) is 11.3 Å². The highest BCUT2D eigenvalue weighted by molar-refractivity contribution is 7.26. The van der Waals surface area contributed by atoms with Crippen molar-refractivity contribution in [3.63, 3.8) is 0 Å². The van der Waals surface area contributed by atoms with E-state index in [1.54, 1.807) is 11.3 Å². The van der Waals surface area contributed by atoms with Crippen molar-refractivity contribution in [3.8, 4) is 0 Å². The lowest BCUT2D eigenvalue weighted by atomic mass is 10.1. The van der Waals surface area contributed by atoms with E-state index in [2.05, 4.69) is 37.2 Å². The minimum Gasteiger partial charge on any atom is -0.363 e. The molecule has 6 heteroatoms. The SMILES string of the molecule is Cc1cc(C)c2c(n1)sc1c(NC3CCN(C)C3)nn(C)c12. The number of aromatic nitrogens is 3. The molecule has 0 radical (unpaired) electrons. The molecule has 4 heterocycles. The first-order chi connectivity index (χ1) is 10.5. The maximum Gasteiger partial charge on any atom is 0.166 e. The van der Waals surface area contributed by atoms with Crippen LogP contribution in [-0.2, 0) is 7.05 Å². The van der Waals surface area contributed by atoms with Gasteiger partial charge in [0.2, 0.25) is 0 Å². The van der Waals surface area contributed by atoms with Gasteiger partial charge in [0.05, 0.1) is 10.2 Å². The van der Waals surface area contributed by atoms with Gasteiger partial charge in [-0.25, -0.2) is 4.98 Å². The zero-order valence-corrected chi connectivity index (χ0v) is 14.3. The second-order valence-electron chi connectivity index (χ2n) is 6.40. The number of rotatable bonds is 2. The molecule has 1 unspecified atom stereocenters. The minimum absolute atomic E-state index is 0.490. The van der Waals surface area contributed by atoms with Gasteiger partial charge in [-0.05, 0) is 45.5 Å². The first-order valence-corrected chi connectivity index (χ1v) is 8.53. The Morgan fingerprint density at radius 1 is 1.32 bits per heavy atom. The number of fused-ring (bicyclic) bond motifs is 3. The van der Waals surface area contributed by atoms with Gasteiger partial charge in [0.25, 0.3) is 0 Å². The van der Waals surface area contributed by atoms with Crippen molar-refractivity contribution in [2.24, 2.45) is 7.05 Å². The lowest BCUT2D eigenvalue weighted by Gasteiger charge is -2.11. The molecule has 0 aliphatic carbocycles. The van der Waals surface area contributed by atoms with E-state index in [0.29, 0.717) is 6.04 Å². The van der Waals surface area contributed by atoms with Crippen molar-refractivity contribution in [3.05, 3.63) is 17.3 Å². The smallest absolute Gasteiger partial charge is 0.166 e. The Kier molecular flexibility index (Phi) is 3.13. The van der Waals surface area contributed by atoms with E-state index in [4.69, 9.17) is 10.1 Å². The van der Waals surface area contributed by atoms with Crippen molar-refractivity contribution in [2.75, 3.05) is 25.5 Å². The molecule has 0 amide bonds. The number of likely N-dealkylation sites (tertiary alicyclic amines) is 1. The second kappa shape index (κ2) is 4.93. The number of nitrogens with one attached hydrogen (secondary N) is 1. The predicted octanol–water partition coefficient (Wildman–Crippen LogP) is 2.92. The Hall–Kier alpha value is -1.66. The Morgan fingerprint density at radius 2 is 2.14 bits per heavy atom. The zero-order valence-electron chi connectivity index (χ0n) is 13.5. The van der Waals surface area contributed by atoms with Crippen molar-refractivity contribution in [1.82, 2.24) is 19.7 Å². The van der Waals surface area contributed by atoms with E-state index in [0.717, 1.165) is 29.4 Å². The number of anilines is 1. The molecule has 0 spiro atoms. The summed E-state index contributed by atoms with van der Waals surface area (Å²) in [5, 5.41) is 9.61.